The van der Waals surface area contributed by atoms with Gasteiger partial charge in [0.15, 0.2) is 0 Å². The zero-order chi connectivity index (χ0) is 24.1. The molecule has 1 aliphatic heterocycles. The van der Waals surface area contributed by atoms with Crippen LogP contribution in [0.15, 0.2) is 42.5 Å². The number of rotatable bonds is 10. The number of benzene rings is 2. The lowest BCUT2D eigenvalue weighted by atomic mass is 10.1. The molecule has 1 aliphatic rings. The summed E-state index contributed by atoms with van der Waals surface area (Å²) in [4.78, 5) is 2.40. The van der Waals surface area contributed by atoms with Crippen molar-refractivity contribution in [1.29, 1.82) is 0 Å². The van der Waals surface area contributed by atoms with E-state index in [-0.39, 0.29) is 5.75 Å². The van der Waals surface area contributed by atoms with Crippen molar-refractivity contribution >= 4 is 32.3 Å². The van der Waals surface area contributed by atoms with Crippen LogP contribution in [0.4, 0.5) is 11.4 Å². The van der Waals surface area contributed by atoms with Crippen LogP contribution in [0, 0.1) is 0 Å². The SMILES string of the molecule is CCn1c(-c2cccc(NS(=O)(=O)CC)c2)c(N)c2ccc(OCCCN3CCOCC3)cc21. The second-order valence-corrected chi connectivity index (χ2v) is 10.4. The Morgan fingerprint density at radius 3 is 2.65 bits per heavy atom. The first-order valence-corrected chi connectivity index (χ1v) is 13.5. The molecule has 0 saturated carbocycles. The van der Waals surface area contributed by atoms with Gasteiger partial charge in [0, 0.05) is 48.9 Å². The summed E-state index contributed by atoms with van der Waals surface area (Å²) in [5.41, 5.74) is 10.5. The lowest BCUT2D eigenvalue weighted by Crippen LogP contribution is -2.37. The molecule has 3 N–H and O–H groups in total. The summed E-state index contributed by atoms with van der Waals surface area (Å²) in [6.07, 6.45) is 0.959. The summed E-state index contributed by atoms with van der Waals surface area (Å²) in [6, 6.07) is 13.4. The van der Waals surface area contributed by atoms with Crippen molar-refractivity contribution in [1.82, 2.24) is 9.47 Å². The van der Waals surface area contributed by atoms with Gasteiger partial charge in [-0.2, -0.15) is 0 Å². The summed E-state index contributed by atoms with van der Waals surface area (Å²) in [5.74, 6) is 0.835. The highest BCUT2D eigenvalue weighted by Crippen LogP contribution is 2.38. The fourth-order valence-electron chi connectivity index (χ4n) is 4.37. The maximum Gasteiger partial charge on any atom is 0.232 e. The minimum absolute atomic E-state index is 0.0177. The number of morpholine rings is 1. The Morgan fingerprint density at radius 2 is 1.91 bits per heavy atom. The van der Waals surface area contributed by atoms with E-state index in [0.717, 1.165) is 67.2 Å². The summed E-state index contributed by atoms with van der Waals surface area (Å²) in [6.45, 7) is 9.64. The van der Waals surface area contributed by atoms with E-state index in [0.29, 0.717) is 24.5 Å². The number of hydrogen-bond donors (Lipinski definition) is 2. The Balaban J connectivity index is 1.55. The lowest BCUT2D eigenvalue weighted by molar-refractivity contribution is 0.0358. The average molecular weight is 487 g/mol. The van der Waals surface area contributed by atoms with Crippen molar-refractivity contribution in [3.8, 4) is 17.0 Å². The molecule has 0 bridgehead atoms. The standard InChI is InChI=1S/C25H34N4O4S/c1-3-29-23-18-21(33-14-6-11-28-12-15-32-16-13-28)9-10-22(23)24(26)25(29)19-7-5-8-20(17-19)27-34(30,31)4-2/h5,7-10,17-18,27H,3-4,6,11-16,26H2,1-2H3. The Hall–Kier alpha value is -2.75. The van der Waals surface area contributed by atoms with Crippen molar-refractivity contribution < 1.29 is 17.9 Å². The molecule has 8 nitrogen and oxygen atoms in total. The number of aromatic nitrogens is 1. The van der Waals surface area contributed by atoms with Gasteiger partial charge >= 0.3 is 0 Å². The van der Waals surface area contributed by atoms with Crippen molar-refractivity contribution in [3.63, 3.8) is 0 Å². The number of sulfonamides is 1. The number of fused-ring (bicyclic) bond motifs is 1. The maximum atomic E-state index is 12.0. The predicted octanol–water partition coefficient (Wildman–Crippen LogP) is 3.77. The molecule has 4 rings (SSSR count). The molecule has 34 heavy (non-hydrogen) atoms. The molecule has 1 saturated heterocycles. The van der Waals surface area contributed by atoms with E-state index in [9.17, 15) is 8.42 Å². The van der Waals surface area contributed by atoms with Crippen molar-refractivity contribution in [3.05, 3.63) is 42.5 Å². The average Bonchev–Trinajstić information content (AvgIpc) is 3.13. The van der Waals surface area contributed by atoms with Crippen LogP contribution in [-0.2, 0) is 21.3 Å². The molecule has 0 amide bonds. The molecule has 1 fully saturated rings. The molecule has 1 aromatic heterocycles. The molecular formula is C25H34N4O4S. The third-order valence-corrected chi connectivity index (χ3v) is 7.48. The van der Waals surface area contributed by atoms with Gasteiger partial charge in [-0.25, -0.2) is 8.42 Å². The second kappa shape index (κ2) is 10.7. The van der Waals surface area contributed by atoms with E-state index in [1.165, 1.54) is 0 Å². The van der Waals surface area contributed by atoms with Gasteiger partial charge in [-0.05, 0) is 44.5 Å². The molecule has 0 unspecified atom stereocenters. The zero-order valence-electron chi connectivity index (χ0n) is 19.9. The highest BCUT2D eigenvalue weighted by atomic mass is 32.2. The summed E-state index contributed by atoms with van der Waals surface area (Å²) in [5, 5.41) is 0.956. The molecule has 2 aromatic carbocycles. The molecule has 184 valence electrons. The van der Waals surface area contributed by atoms with Gasteiger partial charge in [0.05, 0.1) is 42.5 Å². The first-order chi connectivity index (χ1) is 16.4. The molecule has 9 heteroatoms. The molecule has 0 radical (unpaired) electrons. The largest absolute Gasteiger partial charge is 0.493 e. The van der Waals surface area contributed by atoms with Crippen LogP contribution in [0.2, 0.25) is 0 Å². The number of ether oxygens (including phenoxy) is 2. The van der Waals surface area contributed by atoms with Gasteiger partial charge in [-0.3, -0.25) is 9.62 Å². The number of aryl methyl sites for hydroxylation is 1. The second-order valence-electron chi connectivity index (χ2n) is 8.43. The van der Waals surface area contributed by atoms with Crippen molar-refractivity contribution in [2.75, 3.05) is 55.7 Å². The van der Waals surface area contributed by atoms with E-state index in [2.05, 4.69) is 21.1 Å². The fourth-order valence-corrected chi connectivity index (χ4v) is 5.00. The van der Waals surface area contributed by atoms with E-state index < -0.39 is 10.0 Å². The normalized spacial score (nSPS) is 15.0. The highest BCUT2D eigenvalue weighted by Gasteiger charge is 2.18. The third kappa shape index (κ3) is 5.48. The van der Waals surface area contributed by atoms with Crippen molar-refractivity contribution in [2.24, 2.45) is 0 Å². The number of nitrogens with one attached hydrogen (secondary N) is 1. The zero-order valence-corrected chi connectivity index (χ0v) is 20.7. The van der Waals surface area contributed by atoms with Crippen LogP contribution in [-0.4, -0.2) is 63.1 Å². The molecular weight excluding hydrogens is 452 g/mol. The van der Waals surface area contributed by atoms with Gasteiger partial charge in [0.1, 0.15) is 5.75 Å². The number of nitrogens with zero attached hydrogens (tertiary/aromatic N) is 2. The number of anilines is 2. The van der Waals surface area contributed by atoms with Gasteiger partial charge in [0.25, 0.3) is 0 Å². The van der Waals surface area contributed by atoms with Gasteiger partial charge in [-0.15, -0.1) is 0 Å². The Morgan fingerprint density at radius 1 is 1.12 bits per heavy atom. The first-order valence-electron chi connectivity index (χ1n) is 11.9. The van der Waals surface area contributed by atoms with E-state index in [1.807, 2.05) is 36.4 Å². The molecule has 0 atom stereocenters. The monoisotopic (exact) mass is 486 g/mol. The van der Waals surface area contributed by atoms with Gasteiger partial charge in [0.2, 0.25) is 10.0 Å². The summed E-state index contributed by atoms with van der Waals surface area (Å²) >= 11 is 0. The van der Waals surface area contributed by atoms with E-state index in [1.54, 1.807) is 13.0 Å². The molecule has 3 aromatic rings. The summed E-state index contributed by atoms with van der Waals surface area (Å²) < 4.78 is 40.3. The van der Waals surface area contributed by atoms with Crippen LogP contribution in [0.3, 0.4) is 0 Å². The van der Waals surface area contributed by atoms with Gasteiger partial charge in [-0.1, -0.05) is 12.1 Å². The molecule has 0 aliphatic carbocycles. The maximum absolute atomic E-state index is 12.0. The van der Waals surface area contributed by atoms with Crippen LogP contribution in [0.5, 0.6) is 5.75 Å². The Kier molecular flexibility index (Phi) is 7.65. The minimum Gasteiger partial charge on any atom is -0.493 e. The number of nitrogen functional groups attached to an aromatic ring is 1. The van der Waals surface area contributed by atoms with E-state index >= 15 is 0 Å². The molecule has 0 spiro atoms. The number of hydrogen-bond acceptors (Lipinski definition) is 6. The Labute approximate surface area is 201 Å². The minimum atomic E-state index is -3.36. The van der Waals surface area contributed by atoms with Crippen LogP contribution < -0.4 is 15.2 Å². The van der Waals surface area contributed by atoms with Crippen LogP contribution >= 0.6 is 0 Å². The summed E-state index contributed by atoms with van der Waals surface area (Å²) in [7, 11) is -3.36. The fraction of sp³-hybridized carbons (Fsp3) is 0.440. The lowest BCUT2D eigenvalue weighted by Gasteiger charge is -2.26. The first kappa shape index (κ1) is 24.4. The van der Waals surface area contributed by atoms with Crippen molar-refractivity contribution in [2.45, 2.75) is 26.8 Å². The van der Waals surface area contributed by atoms with Crippen LogP contribution in [0.25, 0.3) is 22.2 Å². The molecule has 2 heterocycles. The predicted molar refractivity (Wildman–Crippen MR) is 138 cm³/mol. The highest BCUT2D eigenvalue weighted by molar-refractivity contribution is 7.92. The third-order valence-electron chi connectivity index (χ3n) is 6.17. The van der Waals surface area contributed by atoms with Crippen LogP contribution in [0.1, 0.15) is 20.3 Å². The smallest absolute Gasteiger partial charge is 0.232 e. The Bertz CT molecular complexity index is 1230. The quantitative estimate of drug-likeness (QED) is 0.423. The topological polar surface area (TPSA) is 98.8 Å². The number of nitrogens with two attached hydrogens (primary N) is 1. The van der Waals surface area contributed by atoms with E-state index in [4.69, 9.17) is 15.2 Å². The van der Waals surface area contributed by atoms with Gasteiger partial charge < -0.3 is 19.8 Å².